The summed E-state index contributed by atoms with van der Waals surface area (Å²) in [5.74, 6) is -0.214. The van der Waals surface area contributed by atoms with Crippen molar-refractivity contribution in [3.63, 3.8) is 0 Å². The largest absolute Gasteiger partial charge is 0.378 e. The average Bonchev–Trinajstić information content (AvgIpc) is 3.20. The van der Waals surface area contributed by atoms with Gasteiger partial charge >= 0.3 is 0 Å². The lowest BCUT2D eigenvalue weighted by atomic mass is 10.1. The van der Waals surface area contributed by atoms with Gasteiger partial charge in [-0.25, -0.2) is 10.4 Å². The van der Waals surface area contributed by atoms with E-state index in [1.54, 1.807) is 0 Å². The number of hydrogen-bond acceptors (Lipinski definition) is 7. The number of rotatable bonds is 6. The highest BCUT2D eigenvalue weighted by atomic mass is 32.1. The Morgan fingerprint density at radius 2 is 1.93 bits per heavy atom. The first kappa shape index (κ1) is 19.4. The van der Waals surface area contributed by atoms with Crippen molar-refractivity contribution in [2.75, 3.05) is 43.1 Å². The maximum atomic E-state index is 12.1. The number of anilines is 2. The molecule has 4 rings (SSSR count). The van der Waals surface area contributed by atoms with Crippen molar-refractivity contribution in [3.8, 4) is 0 Å². The fraction of sp³-hybridized carbons (Fsp3) is 0.286. The summed E-state index contributed by atoms with van der Waals surface area (Å²) < 4.78 is 6.48. The summed E-state index contributed by atoms with van der Waals surface area (Å²) in [5, 5.41) is 7.99. The zero-order valence-electron chi connectivity index (χ0n) is 16.2. The summed E-state index contributed by atoms with van der Waals surface area (Å²) in [7, 11) is 0. The summed E-state index contributed by atoms with van der Waals surface area (Å²) in [6.45, 7) is 5.34. The van der Waals surface area contributed by atoms with Gasteiger partial charge in [0.25, 0.3) is 5.91 Å². The molecule has 1 amide bonds. The Bertz CT molecular complexity index is 976. The predicted molar refractivity (Wildman–Crippen MR) is 118 cm³/mol. The molecule has 0 saturated carbocycles. The Labute approximate surface area is 173 Å². The number of benzene rings is 2. The van der Waals surface area contributed by atoms with Gasteiger partial charge in [0.2, 0.25) is 0 Å². The minimum absolute atomic E-state index is 0.118. The van der Waals surface area contributed by atoms with Gasteiger partial charge in [-0.1, -0.05) is 35.6 Å². The molecule has 0 bridgehead atoms. The minimum Gasteiger partial charge on any atom is -0.378 e. The lowest BCUT2D eigenvalue weighted by Crippen LogP contribution is -2.36. The van der Waals surface area contributed by atoms with Crippen LogP contribution in [-0.4, -0.2) is 49.5 Å². The monoisotopic (exact) mass is 409 g/mol. The molecule has 1 saturated heterocycles. The van der Waals surface area contributed by atoms with Crippen LogP contribution in [0.15, 0.2) is 53.6 Å². The topological polar surface area (TPSA) is 78.8 Å². The molecule has 1 aliphatic heterocycles. The predicted octanol–water partition coefficient (Wildman–Crippen LogP) is 3.09. The Kier molecular flexibility index (Phi) is 6.02. The molecule has 29 heavy (non-hydrogen) atoms. The summed E-state index contributed by atoms with van der Waals surface area (Å²) in [4.78, 5) is 18.9. The van der Waals surface area contributed by atoms with Gasteiger partial charge < -0.3 is 15.0 Å². The van der Waals surface area contributed by atoms with Crippen LogP contribution < -0.4 is 15.6 Å². The van der Waals surface area contributed by atoms with Crippen LogP contribution >= 0.6 is 11.3 Å². The molecule has 8 heteroatoms. The number of carbonyl (C=O) groups is 1. The minimum atomic E-state index is -0.214. The number of amides is 1. The lowest BCUT2D eigenvalue weighted by Gasteiger charge is -2.28. The molecule has 2 N–H and O–H groups in total. The van der Waals surface area contributed by atoms with E-state index in [1.807, 2.05) is 43.3 Å². The second-order valence-corrected chi connectivity index (χ2v) is 7.75. The second kappa shape index (κ2) is 9.02. The van der Waals surface area contributed by atoms with Crippen LogP contribution in [-0.2, 0) is 9.53 Å². The summed E-state index contributed by atoms with van der Waals surface area (Å²) in [6.07, 6.45) is 0. The van der Waals surface area contributed by atoms with Gasteiger partial charge in [0, 0.05) is 18.8 Å². The zero-order valence-corrected chi connectivity index (χ0v) is 17.0. The normalized spacial score (nSPS) is 14.8. The molecule has 2 aromatic carbocycles. The number of nitrogens with zero attached hydrogens (tertiary/aromatic N) is 3. The van der Waals surface area contributed by atoms with Crippen LogP contribution in [0, 0.1) is 0 Å². The fourth-order valence-electron chi connectivity index (χ4n) is 3.09. The van der Waals surface area contributed by atoms with E-state index in [0.29, 0.717) is 0 Å². The number of ether oxygens (including phenoxy) is 1. The van der Waals surface area contributed by atoms with Crippen molar-refractivity contribution in [1.29, 1.82) is 0 Å². The van der Waals surface area contributed by atoms with E-state index in [0.717, 1.165) is 52.9 Å². The van der Waals surface area contributed by atoms with Gasteiger partial charge in [0.15, 0.2) is 5.13 Å². The smallest absolute Gasteiger partial charge is 0.259 e. The third kappa shape index (κ3) is 4.90. The molecule has 2 heterocycles. The van der Waals surface area contributed by atoms with Gasteiger partial charge in [-0.15, -0.1) is 0 Å². The van der Waals surface area contributed by atoms with Gasteiger partial charge in [-0.3, -0.25) is 4.79 Å². The number of morpholine rings is 1. The number of hydrazone groups is 1. The lowest BCUT2D eigenvalue weighted by molar-refractivity contribution is -0.119. The van der Waals surface area contributed by atoms with Crippen LogP contribution in [0.3, 0.4) is 0 Å². The van der Waals surface area contributed by atoms with E-state index < -0.39 is 0 Å². The van der Waals surface area contributed by atoms with Gasteiger partial charge in [0.1, 0.15) is 0 Å². The second-order valence-electron chi connectivity index (χ2n) is 6.72. The molecule has 1 aliphatic rings. The third-order valence-electron chi connectivity index (χ3n) is 4.70. The number of aromatic nitrogens is 1. The SMILES string of the molecule is C/C(=N/NC(=O)CNc1nc2ccccc2s1)c1ccc(N2CCOCC2)cc1. The zero-order chi connectivity index (χ0) is 20.1. The molecule has 0 atom stereocenters. The molecule has 150 valence electrons. The van der Waals surface area contributed by atoms with E-state index in [-0.39, 0.29) is 12.5 Å². The molecule has 7 nitrogen and oxygen atoms in total. The first-order valence-corrected chi connectivity index (χ1v) is 10.4. The molecule has 1 aromatic heterocycles. The maximum absolute atomic E-state index is 12.1. The van der Waals surface area contributed by atoms with E-state index in [2.05, 4.69) is 37.9 Å². The Hall–Kier alpha value is -2.97. The van der Waals surface area contributed by atoms with Crippen LogP contribution in [0.25, 0.3) is 10.2 Å². The molecule has 1 fully saturated rings. The average molecular weight is 410 g/mol. The van der Waals surface area contributed by atoms with Gasteiger partial charge in [-0.2, -0.15) is 5.10 Å². The standard InChI is InChI=1S/C21H23N5O2S/c1-15(16-6-8-17(9-7-16)26-10-12-28-13-11-26)24-25-20(27)14-22-21-23-18-4-2-3-5-19(18)29-21/h2-9H,10-14H2,1H3,(H,22,23)(H,25,27)/b24-15-. The van der Waals surface area contributed by atoms with Crippen LogP contribution in [0.2, 0.25) is 0 Å². The van der Waals surface area contributed by atoms with E-state index in [4.69, 9.17) is 4.74 Å². The molecular weight excluding hydrogens is 386 g/mol. The maximum Gasteiger partial charge on any atom is 0.259 e. The molecule has 0 unspecified atom stereocenters. The van der Waals surface area contributed by atoms with Crippen molar-refractivity contribution in [3.05, 3.63) is 54.1 Å². The third-order valence-corrected chi connectivity index (χ3v) is 5.70. The highest BCUT2D eigenvalue weighted by molar-refractivity contribution is 7.22. The highest BCUT2D eigenvalue weighted by Crippen LogP contribution is 2.25. The molecule has 3 aromatic rings. The number of thiazole rings is 1. The number of fused-ring (bicyclic) bond motifs is 1. The van der Waals surface area contributed by atoms with E-state index in [9.17, 15) is 4.79 Å². The Balaban J connectivity index is 1.30. The summed E-state index contributed by atoms with van der Waals surface area (Å²) >= 11 is 1.52. The van der Waals surface area contributed by atoms with Crippen LogP contribution in [0.4, 0.5) is 10.8 Å². The summed E-state index contributed by atoms with van der Waals surface area (Å²) in [5.41, 5.74) is 6.43. The van der Waals surface area contributed by atoms with Crippen molar-refractivity contribution >= 4 is 44.0 Å². The van der Waals surface area contributed by atoms with Gasteiger partial charge in [-0.05, 0) is 36.8 Å². The number of carbonyl (C=O) groups excluding carboxylic acids is 1. The molecule has 0 aliphatic carbocycles. The number of nitrogens with one attached hydrogen (secondary N) is 2. The highest BCUT2D eigenvalue weighted by Gasteiger charge is 2.11. The van der Waals surface area contributed by atoms with Crippen LogP contribution in [0.1, 0.15) is 12.5 Å². The van der Waals surface area contributed by atoms with Crippen molar-refractivity contribution in [2.24, 2.45) is 5.10 Å². The Morgan fingerprint density at radius 3 is 2.69 bits per heavy atom. The van der Waals surface area contributed by atoms with Gasteiger partial charge in [0.05, 0.1) is 35.7 Å². The molecule has 0 spiro atoms. The number of hydrogen-bond donors (Lipinski definition) is 2. The van der Waals surface area contributed by atoms with E-state index in [1.165, 1.54) is 17.0 Å². The van der Waals surface area contributed by atoms with Crippen LogP contribution in [0.5, 0.6) is 0 Å². The first-order valence-electron chi connectivity index (χ1n) is 9.55. The first-order chi connectivity index (χ1) is 14.2. The van der Waals surface area contributed by atoms with Crippen molar-refractivity contribution < 1.29 is 9.53 Å². The van der Waals surface area contributed by atoms with E-state index >= 15 is 0 Å². The van der Waals surface area contributed by atoms with Crippen molar-refractivity contribution in [1.82, 2.24) is 10.4 Å². The van der Waals surface area contributed by atoms with Crippen molar-refractivity contribution in [2.45, 2.75) is 6.92 Å². The molecular formula is C21H23N5O2S. The number of para-hydroxylation sites is 1. The molecule has 0 radical (unpaired) electrons. The quantitative estimate of drug-likeness (QED) is 0.483. The summed E-state index contributed by atoms with van der Waals surface area (Å²) in [6, 6.07) is 16.1. The Morgan fingerprint density at radius 1 is 1.17 bits per heavy atom. The fourth-order valence-corrected chi connectivity index (χ4v) is 3.95.